The number of carbonyl (C=O) groups excluding carboxylic acids is 1. The lowest BCUT2D eigenvalue weighted by atomic mass is 10.3. The van der Waals surface area contributed by atoms with E-state index in [1.165, 1.54) is 0 Å². The van der Waals surface area contributed by atoms with Crippen LogP contribution in [0.4, 0.5) is 0 Å². The number of hydrogen-bond acceptors (Lipinski definition) is 3. The first-order valence-corrected chi connectivity index (χ1v) is 5.28. The molecule has 0 fully saturated rings. The van der Waals surface area contributed by atoms with Gasteiger partial charge in [0.15, 0.2) is 18.2 Å². The Labute approximate surface area is 104 Å². The molecular formula is C12H12N5O+. The topological polar surface area (TPSA) is 94.5 Å². The number of nitrogens with one attached hydrogen (secondary N) is 2. The van der Waals surface area contributed by atoms with E-state index in [4.69, 9.17) is 5.73 Å². The van der Waals surface area contributed by atoms with Crippen molar-refractivity contribution in [3.05, 3.63) is 60.2 Å². The van der Waals surface area contributed by atoms with Crippen LogP contribution < -0.4 is 16.1 Å². The lowest BCUT2D eigenvalue weighted by molar-refractivity contribution is -0.378. The number of aromatic amines is 1. The summed E-state index contributed by atoms with van der Waals surface area (Å²) < 4.78 is 0. The fourth-order valence-electron chi connectivity index (χ4n) is 1.29. The van der Waals surface area contributed by atoms with Gasteiger partial charge in [0.25, 0.3) is 5.91 Å². The second-order valence-corrected chi connectivity index (χ2v) is 3.44. The third kappa shape index (κ3) is 2.88. The quantitative estimate of drug-likeness (QED) is 0.448. The Morgan fingerprint density at radius 3 is 2.72 bits per heavy atom. The first kappa shape index (κ1) is 11.7. The number of pyridine rings is 2. The number of H-pyrrole nitrogens is 1. The molecule has 2 aromatic rings. The van der Waals surface area contributed by atoms with Crippen LogP contribution in [0.3, 0.4) is 0 Å². The summed E-state index contributed by atoms with van der Waals surface area (Å²) in [5, 5.41) is 3.79. The molecule has 0 spiro atoms. The van der Waals surface area contributed by atoms with Gasteiger partial charge in [-0.15, -0.1) is 0 Å². The van der Waals surface area contributed by atoms with Gasteiger partial charge in [-0.25, -0.2) is 10.4 Å². The first-order chi connectivity index (χ1) is 8.77. The zero-order valence-electron chi connectivity index (χ0n) is 9.50. The summed E-state index contributed by atoms with van der Waals surface area (Å²) in [7, 11) is 0. The van der Waals surface area contributed by atoms with Crippen molar-refractivity contribution in [3.8, 4) is 0 Å². The number of aromatic nitrogens is 2. The van der Waals surface area contributed by atoms with Gasteiger partial charge < -0.3 is 5.73 Å². The number of hydrazone groups is 1. The van der Waals surface area contributed by atoms with Crippen molar-refractivity contribution in [1.29, 1.82) is 0 Å². The molecule has 90 valence electrons. The van der Waals surface area contributed by atoms with Gasteiger partial charge in [-0.3, -0.25) is 9.78 Å². The Bertz CT molecular complexity index is 553. The molecule has 0 bridgehead atoms. The van der Waals surface area contributed by atoms with Gasteiger partial charge in [-0.05, 0) is 12.1 Å². The molecule has 0 radical (unpaired) electrons. The van der Waals surface area contributed by atoms with Crippen molar-refractivity contribution >= 4 is 11.7 Å². The molecular weight excluding hydrogens is 230 g/mol. The normalized spacial score (nSPS) is 11.0. The summed E-state index contributed by atoms with van der Waals surface area (Å²) in [5.41, 5.74) is 9.06. The molecule has 2 rings (SSSR count). The minimum absolute atomic E-state index is 0.159. The van der Waals surface area contributed by atoms with Gasteiger partial charge in [0, 0.05) is 18.3 Å². The Morgan fingerprint density at radius 1 is 1.28 bits per heavy atom. The molecule has 18 heavy (non-hydrogen) atoms. The fourth-order valence-corrected chi connectivity index (χ4v) is 1.29. The van der Waals surface area contributed by atoms with Crippen LogP contribution in [0.2, 0.25) is 0 Å². The number of rotatable bonds is 3. The highest BCUT2D eigenvalue weighted by molar-refractivity contribution is 5.98. The van der Waals surface area contributed by atoms with Gasteiger partial charge in [0.05, 0.1) is 5.56 Å². The average Bonchev–Trinajstić information content (AvgIpc) is 2.46. The molecule has 6 nitrogen and oxygen atoms in total. The van der Waals surface area contributed by atoms with Crippen molar-refractivity contribution in [2.24, 2.45) is 10.8 Å². The van der Waals surface area contributed by atoms with Gasteiger partial charge in [-0.1, -0.05) is 6.07 Å². The summed E-state index contributed by atoms with van der Waals surface area (Å²) in [5.74, 6) is -0.172. The van der Waals surface area contributed by atoms with E-state index in [0.717, 1.165) is 0 Å². The molecule has 0 aliphatic carbocycles. The zero-order chi connectivity index (χ0) is 12.8. The number of hydrogen-bond donors (Lipinski definition) is 2. The highest BCUT2D eigenvalue weighted by Crippen LogP contribution is 1.95. The molecule has 1 amide bonds. The average molecular weight is 242 g/mol. The Balaban J connectivity index is 2.05. The molecule has 0 unspecified atom stereocenters. The van der Waals surface area contributed by atoms with E-state index >= 15 is 0 Å². The van der Waals surface area contributed by atoms with Crippen LogP contribution in [0.25, 0.3) is 0 Å². The van der Waals surface area contributed by atoms with Crippen LogP contribution in [0.5, 0.6) is 0 Å². The van der Waals surface area contributed by atoms with Gasteiger partial charge >= 0.3 is 0 Å². The molecule has 0 aliphatic rings. The van der Waals surface area contributed by atoms with Gasteiger partial charge in [-0.2, -0.15) is 5.10 Å². The Morgan fingerprint density at radius 2 is 2.06 bits per heavy atom. The molecule has 4 N–H and O–H groups in total. The highest BCUT2D eigenvalue weighted by atomic mass is 16.2. The molecule has 2 aromatic heterocycles. The molecule has 0 aliphatic heterocycles. The van der Waals surface area contributed by atoms with Crippen molar-refractivity contribution < 1.29 is 9.78 Å². The number of nitrogens with zero attached hydrogens (tertiary/aromatic N) is 2. The predicted octanol–water partition coefficient (Wildman–Crippen LogP) is -0.0540. The van der Waals surface area contributed by atoms with Crippen LogP contribution in [0.15, 0.2) is 54.0 Å². The van der Waals surface area contributed by atoms with Gasteiger partial charge in [0.1, 0.15) is 5.69 Å². The smallest absolute Gasteiger partial charge is 0.271 e. The lowest BCUT2D eigenvalue weighted by Crippen LogP contribution is -2.24. The van der Waals surface area contributed by atoms with E-state index < -0.39 is 0 Å². The van der Waals surface area contributed by atoms with Crippen molar-refractivity contribution in [1.82, 2.24) is 10.4 Å². The number of nitrogens with two attached hydrogens (primary N) is 1. The Kier molecular flexibility index (Phi) is 3.60. The van der Waals surface area contributed by atoms with Crippen LogP contribution in [0.1, 0.15) is 16.1 Å². The second-order valence-electron chi connectivity index (χ2n) is 3.44. The van der Waals surface area contributed by atoms with E-state index in [1.807, 2.05) is 0 Å². The van der Waals surface area contributed by atoms with Crippen LogP contribution >= 0.6 is 0 Å². The zero-order valence-corrected chi connectivity index (χ0v) is 9.50. The van der Waals surface area contributed by atoms with E-state index in [1.54, 1.807) is 48.9 Å². The maximum atomic E-state index is 11.7. The van der Waals surface area contributed by atoms with Crippen LogP contribution in [0, 0.1) is 0 Å². The maximum absolute atomic E-state index is 11.7. The summed E-state index contributed by atoms with van der Waals surface area (Å²) >= 11 is 0. The number of amides is 1. The van der Waals surface area contributed by atoms with Gasteiger partial charge in [0.2, 0.25) is 0 Å². The third-order valence-electron chi connectivity index (χ3n) is 2.19. The number of amidine groups is 1. The van der Waals surface area contributed by atoms with Crippen LogP contribution in [-0.2, 0) is 0 Å². The second kappa shape index (κ2) is 5.53. The Hall–Kier alpha value is -2.76. The highest BCUT2D eigenvalue weighted by Gasteiger charge is 2.05. The summed E-state index contributed by atoms with van der Waals surface area (Å²) in [6.45, 7) is 0. The molecule has 6 heteroatoms. The molecule has 2 heterocycles. The summed E-state index contributed by atoms with van der Waals surface area (Å²) in [6, 6.07) is 8.56. The molecule has 0 saturated carbocycles. The summed E-state index contributed by atoms with van der Waals surface area (Å²) in [4.78, 5) is 18.5. The predicted molar refractivity (Wildman–Crippen MR) is 65.4 cm³/mol. The molecule has 0 aromatic carbocycles. The minimum Gasteiger partial charge on any atom is -0.380 e. The largest absolute Gasteiger partial charge is 0.380 e. The monoisotopic (exact) mass is 242 g/mol. The SMILES string of the molecule is NC(=NNC(=O)c1cc[nH+]cc1)c1ccccn1. The van der Waals surface area contributed by atoms with E-state index in [9.17, 15) is 4.79 Å². The van der Waals surface area contributed by atoms with E-state index in [-0.39, 0.29) is 11.7 Å². The summed E-state index contributed by atoms with van der Waals surface area (Å²) in [6.07, 6.45) is 4.91. The van der Waals surface area contributed by atoms with Crippen LogP contribution in [-0.4, -0.2) is 16.7 Å². The fraction of sp³-hybridized carbons (Fsp3) is 0. The first-order valence-electron chi connectivity index (χ1n) is 5.28. The van der Waals surface area contributed by atoms with Crippen molar-refractivity contribution in [3.63, 3.8) is 0 Å². The standard InChI is InChI=1S/C12H11N5O/c13-11(10-3-1-2-6-15-10)16-17-12(18)9-4-7-14-8-5-9/h1-8H,(H2,13,16)(H,17,18)/p+1. The third-order valence-corrected chi connectivity index (χ3v) is 2.19. The van der Waals surface area contributed by atoms with E-state index in [0.29, 0.717) is 11.3 Å². The maximum Gasteiger partial charge on any atom is 0.271 e. The molecule has 0 atom stereocenters. The lowest BCUT2D eigenvalue weighted by Gasteiger charge is -2.01. The number of carbonyl (C=O) groups is 1. The van der Waals surface area contributed by atoms with Crippen molar-refractivity contribution in [2.75, 3.05) is 0 Å². The van der Waals surface area contributed by atoms with Crippen molar-refractivity contribution in [2.45, 2.75) is 0 Å². The minimum atomic E-state index is -0.331. The molecule has 0 saturated heterocycles. The van der Waals surface area contributed by atoms with E-state index in [2.05, 4.69) is 20.5 Å².